The van der Waals surface area contributed by atoms with Gasteiger partial charge in [0.15, 0.2) is 5.76 Å². The number of amides is 2. The molecule has 5 nitrogen and oxygen atoms in total. The van der Waals surface area contributed by atoms with E-state index in [9.17, 15) is 9.59 Å². The molecule has 0 fully saturated rings. The second-order valence-corrected chi connectivity index (χ2v) is 5.33. The van der Waals surface area contributed by atoms with Crippen molar-refractivity contribution in [1.29, 1.82) is 0 Å². The van der Waals surface area contributed by atoms with Crippen molar-refractivity contribution in [1.82, 2.24) is 4.90 Å². The molecule has 0 spiro atoms. The summed E-state index contributed by atoms with van der Waals surface area (Å²) in [6, 6.07) is 9.13. The van der Waals surface area contributed by atoms with E-state index in [4.69, 9.17) is 4.42 Å². The van der Waals surface area contributed by atoms with E-state index in [0.717, 1.165) is 18.5 Å². The van der Waals surface area contributed by atoms with E-state index in [0.29, 0.717) is 18.7 Å². The van der Waals surface area contributed by atoms with E-state index < -0.39 is 0 Å². The van der Waals surface area contributed by atoms with Crippen molar-refractivity contribution >= 4 is 17.5 Å². The summed E-state index contributed by atoms with van der Waals surface area (Å²) in [5, 5.41) is 2.82. The fourth-order valence-corrected chi connectivity index (χ4v) is 2.67. The van der Waals surface area contributed by atoms with Gasteiger partial charge in [0.1, 0.15) is 0 Å². The minimum absolute atomic E-state index is 0.163. The lowest BCUT2D eigenvalue weighted by molar-refractivity contribution is -0.131. The zero-order valence-electron chi connectivity index (χ0n) is 12.5. The summed E-state index contributed by atoms with van der Waals surface area (Å²) in [5.74, 6) is 0.165. The monoisotopic (exact) mass is 298 g/mol. The molecule has 1 N–H and O–H groups in total. The quantitative estimate of drug-likeness (QED) is 0.947. The van der Waals surface area contributed by atoms with Crippen molar-refractivity contribution in [2.24, 2.45) is 0 Å². The van der Waals surface area contributed by atoms with Crippen molar-refractivity contribution in [3.05, 3.63) is 53.5 Å². The fraction of sp³-hybridized carbons (Fsp3) is 0.294. The minimum atomic E-state index is -0.276. The van der Waals surface area contributed by atoms with Crippen LogP contribution in [0.25, 0.3) is 0 Å². The van der Waals surface area contributed by atoms with Crippen molar-refractivity contribution in [2.45, 2.75) is 26.3 Å². The highest BCUT2D eigenvalue weighted by molar-refractivity contribution is 6.02. The van der Waals surface area contributed by atoms with Gasteiger partial charge in [-0.05, 0) is 41.8 Å². The van der Waals surface area contributed by atoms with E-state index in [-0.39, 0.29) is 17.6 Å². The molecule has 0 saturated heterocycles. The van der Waals surface area contributed by atoms with Crippen LogP contribution in [0, 0.1) is 0 Å². The molecule has 0 bridgehead atoms. The largest absolute Gasteiger partial charge is 0.459 e. The Labute approximate surface area is 128 Å². The van der Waals surface area contributed by atoms with E-state index in [1.54, 1.807) is 12.1 Å². The topological polar surface area (TPSA) is 62.6 Å². The predicted molar refractivity (Wildman–Crippen MR) is 82.5 cm³/mol. The first-order valence-electron chi connectivity index (χ1n) is 7.42. The van der Waals surface area contributed by atoms with Crippen LogP contribution in [0.1, 0.15) is 35.0 Å². The zero-order chi connectivity index (χ0) is 15.5. The Bertz CT molecular complexity index is 692. The molecule has 3 rings (SSSR count). The van der Waals surface area contributed by atoms with Crippen molar-refractivity contribution < 1.29 is 14.0 Å². The standard InChI is InChI=1S/C17H18N2O3/c1-2-16(20)19-8-7-12-5-6-14(10-13(12)11-19)18-17(21)15-4-3-9-22-15/h3-6,9-10H,2,7-8,11H2,1H3,(H,18,21). The maximum absolute atomic E-state index is 12.0. The Kier molecular flexibility index (Phi) is 3.96. The Morgan fingerprint density at radius 1 is 1.27 bits per heavy atom. The Morgan fingerprint density at radius 2 is 2.14 bits per heavy atom. The highest BCUT2D eigenvalue weighted by Crippen LogP contribution is 2.23. The molecule has 1 aliphatic heterocycles. The average molecular weight is 298 g/mol. The van der Waals surface area contributed by atoms with Crippen LogP contribution in [0.4, 0.5) is 5.69 Å². The van der Waals surface area contributed by atoms with Crippen molar-refractivity contribution in [3.8, 4) is 0 Å². The maximum Gasteiger partial charge on any atom is 0.291 e. The number of furan rings is 1. The molecule has 0 unspecified atom stereocenters. The lowest BCUT2D eigenvalue weighted by Gasteiger charge is -2.29. The van der Waals surface area contributed by atoms with Crippen LogP contribution in [0.5, 0.6) is 0 Å². The third-order valence-corrected chi connectivity index (χ3v) is 3.88. The number of anilines is 1. The molecular formula is C17H18N2O3. The summed E-state index contributed by atoms with van der Waals surface area (Å²) < 4.78 is 5.08. The highest BCUT2D eigenvalue weighted by Gasteiger charge is 2.20. The molecule has 1 aromatic heterocycles. The van der Waals surface area contributed by atoms with E-state index >= 15 is 0 Å². The van der Waals surface area contributed by atoms with Gasteiger partial charge < -0.3 is 14.6 Å². The molecule has 2 aromatic rings. The number of hydrogen-bond donors (Lipinski definition) is 1. The molecule has 1 aromatic carbocycles. The molecule has 0 saturated carbocycles. The second kappa shape index (κ2) is 6.05. The summed E-state index contributed by atoms with van der Waals surface area (Å²) in [7, 11) is 0. The van der Waals surface area contributed by atoms with Crippen LogP contribution in [-0.2, 0) is 17.8 Å². The Morgan fingerprint density at radius 3 is 2.86 bits per heavy atom. The number of nitrogens with one attached hydrogen (secondary N) is 1. The highest BCUT2D eigenvalue weighted by atomic mass is 16.3. The number of fused-ring (bicyclic) bond motifs is 1. The Balaban J connectivity index is 1.76. The van der Waals surface area contributed by atoms with E-state index in [1.807, 2.05) is 30.0 Å². The van der Waals surface area contributed by atoms with Gasteiger partial charge >= 0.3 is 0 Å². The van der Waals surface area contributed by atoms with Gasteiger partial charge in [0.2, 0.25) is 5.91 Å². The number of carbonyl (C=O) groups is 2. The SMILES string of the molecule is CCC(=O)N1CCc2ccc(NC(=O)c3ccco3)cc2C1. The third kappa shape index (κ3) is 2.88. The van der Waals surface area contributed by atoms with Crippen molar-refractivity contribution in [3.63, 3.8) is 0 Å². The number of carbonyl (C=O) groups excluding carboxylic acids is 2. The van der Waals surface area contributed by atoms with Gasteiger partial charge in [-0.15, -0.1) is 0 Å². The molecule has 0 aliphatic carbocycles. The summed E-state index contributed by atoms with van der Waals surface area (Å²) >= 11 is 0. The molecule has 22 heavy (non-hydrogen) atoms. The summed E-state index contributed by atoms with van der Waals surface area (Å²) in [4.78, 5) is 25.7. The minimum Gasteiger partial charge on any atom is -0.459 e. The van der Waals surface area contributed by atoms with Gasteiger partial charge in [-0.3, -0.25) is 9.59 Å². The molecule has 0 atom stereocenters. The van der Waals surface area contributed by atoms with E-state index in [1.165, 1.54) is 11.8 Å². The van der Waals surface area contributed by atoms with Crippen molar-refractivity contribution in [2.75, 3.05) is 11.9 Å². The first-order chi connectivity index (χ1) is 10.7. The summed E-state index contributed by atoms with van der Waals surface area (Å²) in [6.45, 7) is 3.24. The van der Waals surface area contributed by atoms with Crippen LogP contribution in [0.15, 0.2) is 41.0 Å². The Hall–Kier alpha value is -2.56. The first-order valence-corrected chi connectivity index (χ1v) is 7.42. The van der Waals surface area contributed by atoms with Gasteiger partial charge in [0.05, 0.1) is 6.26 Å². The number of nitrogens with zero attached hydrogens (tertiary/aromatic N) is 1. The fourth-order valence-electron chi connectivity index (χ4n) is 2.67. The van der Waals surface area contributed by atoms with Crippen LogP contribution in [0.3, 0.4) is 0 Å². The van der Waals surface area contributed by atoms with Crippen LogP contribution in [0.2, 0.25) is 0 Å². The number of benzene rings is 1. The number of hydrogen-bond acceptors (Lipinski definition) is 3. The van der Waals surface area contributed by atoms with Gasteiger partial charge in [-0.25, -0.2) is 0 Å². The van der Waals surface area contributed by atoms with Gasteiger partial charge in [-0.1, -0.05) is 13.0 Å². The summed E-state index contributed by atoms with van der Waals surface area (Å²) in [6.07, 6.45) is 2.84. The molecular weight excluding hydrogens is 280 g/mol. The number of rotatable bonds is 3. The molecule has 114 valence electrons. The molecule has 1 aliphatic rings. The van der Waals surface area contributed by atoms with Gasteiger partial charge in [-0.2, -0.15) is 0 Å². The first kappa shape index (κ1) is 14.4. The van der Waals surface area contributed by atoms with Crippen LogP contribution >= 0.6 is 0 Å². The predicted octanol–water partition coefficient (Wildman–Crippen LogP) is 2.83. The normalized spacial score (nSPS) is 13.6. The molecule has 0 radical (unpaired) electrons. The zero-order valence-corrected chi connectivity index (χ0v) is 12.5. The van der Waals surface area contributed by atoms with Gasteiger partial charge in [0, 0.05) is 25.2 Å². The van der Waals surface area contributed by atoms with Gasteiger partial charge in [0.25, 0.3) is 5.91 Å². The lowest BCUT2D eigenvalue weighted by atomic mass is 9.99. The molecule has 2 heterocycles. The maximum atomic E-state index is 12.0. The lowest BCUT2D eigenvalue weighted by Crippen LogP contribution is -2.35. The smallest absolute Gasteiger partial charge is 0.291 e. The average Bonchev–Trinajstić information content (AvgIpc) is 3.08. The second-order valence-electron chi connectivity index (χ2n) is 5.33. The van der Waals surface area contributed by atoms with Crippen LogP contribution < -0.4 is 5.32 Å². The van der Waals surface area contributed by atoms with Crippen LogP contribution in [-0.4, -0.2) is 23.3 Å². The van der Waals surface area contributed by atoms with E-state index in [2.05, 4.69) is 5.32 Å². The summed E-state index contributed by atoms with van der Waals surface area (Å²) in [5.41, 5.74) is 3.03. The third-order valence-electron chi connectivity index (χ3n) is 3.88. The molecule has 5 heteroatoms. The molecule has 2 amide bonds.